The van der Waals surface area contributed by atoms with Crippen molar-refractivity contribution in [1.82, 2.24) is 5.32 Å². The molecule has 0 atom stereocenters. The summed E-state index contributed by atoms with van der Waals surface area (Å²) in [5.74, 6) is 0.804. The highest BCUT2D eigenvalue weighted by Crippen LogP contribution is 2.20. The van der Waals surface area contributed by atoms with Gasteiger partial charge in [0.2, 0.25) is 0 Å². The molecule has 0 saturated heterocycles. The van der Waals surface area contributed by atoms with Gasteiger partial charge in [0, 0.05) is 18.7 Å². The molecule has 1 aliphatic rings. The molecule has 4 nitrogen and oxygen atoms in total. The van der Waals surface area contributed by atoms with E-state index < -0.39 is 0 Å². The van der Waals surface area contributed by atoms with Gasteiger partial charge in [-0.2, -0.15) is 0 Å². The second kappa shape index (κ2) is 9.56. The van der Waals surface area contributed by atoms with Crippen molar-refractivity contribution >= 4 is 5.91 Å². The van der Waals surface area contributed by atoms with Gasteiger partial charge in [0.25, 0.3) is 5.91 Å². The Kier molecular flexibility index (Phi) is 7.40. The molecule has 0 aliphatic heterocycles. The summed E-state index contributed by atoms with van der Waals surface area (Å²) in [7, 11) is 0. The molecule has 0 spiro atoms. The zero-order valence-electron chi connectivity index (χ0n) is 14.4. The van der Waals surface area contributed by atoms with Crippen molar-refractivity contribution in [2.75, 3.05) is 19.8 Å². The van der Waals surface area contributed by atoms with Crippen LogP contribution in [0.2, 0.25) is 0 Å². The first-order valence-corrected chi connectivity index (χ1v) is 8.84. The predicted molar refractivity (Wildman–Crippen MR) is 92.1 cm³/mol. The average Bonchev–Trinajstić information content (AvgIpc) is 2.57. The van der Waals surface area contributed by atoms with E-state index in [1.165, 1.54) is 32.1 Å². The summed E-state index contributed by atoms with van der Waals surface area (Å²) in [4.78, 5) is 12.1. The van der Waals surface area contributed by atoms with Crippen LogP contribution in [0.5, 0.6) is 5.75 Å². The summed E-state index contributed by atoms with van der Waals surface area (Å²) in [6.45, 7) is 5.92. The van der Waals surface area contributed by atoms with E-state index in [0.29, 0.717) is 24.8 Å². The molecule has 1 aromatic rings. The number of nitrogens with one attached hydrogen (secondary N) is 1. The molecule has 0 radical (unpaired) electrons. The van der Waals surface area contributed by atoms with Crippen LogP contribution in [0.4, 0.5) is 0 Å². The Morgan fingerprint density at radius 1 is 1.26 bits per heavy atom. The molecule has 1 aliphatic carbocycles. The molecule has 1 N–H and O–H groups in total. The van der Waals surface area contributed by atoms with Crippen LogP contribution in [0.25, 0.3) is 0 Å². The first kappa shape index (κ1) is 17.8. The summed E-state index contributed by atoms with van der Waals surface area (Å²) < 4.78 is 11.4. The van der Waals surface area contributed by atoms with E-state index in [9.17, 15) is 4.79 Å². The second-order valence-electron chi connectivity index (χ2n) is 6.15. The largest absolute Gasteiger partial charge is 0.494 e. The van der Waals surface area contributed by atoms with Crippen molar-refractivity contribution < 1.29 is 14.3 Å². The molecule has 1 fully saturated rings. The van der Waals surface area contributed by atoms with Gasteiger partial charge >= 0.3 is 0 Å². The van der Waals surface area contributed by atoms with E-state index in [1.807, 2.05) is 32.0 Å². The Hall–Kier alpha value is -1.55. The van der Waals surface area contributed by atoms with E-state index in [-0.39, 0.29) is 5.91 Å². The molecule has 128 valence electrons. The molecular formula is C19H29NO3. The maximum Gasteiger partial charge on any atom is 0.251 e. The number of rotatable bonds is 8. The summed E-state index contributed by atoms with van der Waals surface area (Å²) in [6.07, 6.45) is 7.61. The third-order valence-corrected chi connectivity index (χ3v) is 4.25. The Labute approximate surface area is 139 Å². The van der Waals surface area contributed by atoms with Crippen molar-refractivity contribution in [3.63, 3.8) is 0 Å². The van der Waals surface area contributed by atoms with Gasteiger partial charge in [0.05, 0.1) is 12.7 Å². The smallest absolute Gasteiger partial charge is 0.251 e. The van der Waals surface area contributed by atoms with Gasteiger partial charge in [-0.25, -0.2) is 0 Å². The molecule has 23 heavy (non-hydrogen) atoms. The van der Waals surface area contributed by atoms with Gasteiger partial charge in [-0.15, -0.1) is 0 Å². The van der Waals surface area contributed by atoms with Gasteiger partial charge in [0.15, 0.2) is 0 Å². The lowest BCUT2D eigenvalue weighted by molar-refractivity contribution is 0.0273. The van der Waals surface area contributed by atoms with Gasteiger partial charge in [-0.1, -0.05) is 19.3 Å². The number of carbonyl (C=O) groups is 1. The van der Waals surface area contributed by atoms with Crippen molar-refractivity contribution in [2.45, 2.75) is 58.5 Å². The number of aryl methyl sites for hydroxylation is 1. The molecule has 0 aromatic heterocycles. The van der Waals surface area contributed by atoms with Crippen LogP contribution in [0.3, 0.4) is 0 Å². The summed E-state index contributed by atoms with van der Waals surface area (Å²) in [5.41, 5.74) is 1.67. The SMILES string of the molecule is CCOc1ccc(C(=O)NCCCOC2CCCCC2)cc1C. The number of benzene rings is 1. The Balaban J connectivity index is 1.67. The first-order chi connectivity index (χ1) is 11.2. The lowest BCUT2D eigenvalue weighted by Gasteiger charge is -2.21. The number of carbonyl (C=O) groups excluding carboxylic acids is 1. The van der Waals surface area contributed by atoms with E-state index in [1.54, 1.807) is 0 Å². The lowest BCUT2D eigenvalue weighted by atomic mass is 9.98. The number of amides is 1. The van der Waals surface area contributed by atoms with Gasteiger partial charge in [0.1, 0.15) is 5.75 Å². The zero-order valence-corrected chi connectivity index (χ0v) is 14.4. The first-order valence-electron chi connectivity index (χ1n) is 8.84. The minimum absolute atomic E-state index is 0.0335. The van der Waals surface area contributed by atoms with Crippen LogP contribution in [-0.2, 0) is 4.74 Å². The van der Waals surface area contributed by atoms with E-state index in [4.69, 9.17) is 9.47 Å². The van der Waals surface area contributed by atoms with Crippen molar-refractivity contribution in [3.8, 4) is 5.75 Å². The Morgan fingerprint density at radius 3 is 2.74 bits per heavy atom. The highest BCUT2D eigenvalue weighted by Gasteiger charge is 2.13. The molecule has 2 rings (SSSR count). The summed E-state index contributed by atoms with van der Waals surface area (Å²) >= 11 is 0. The van der Waals surface area contributed by atoms with Gasteiger partial charge in [-0.3, -0.25) is 4.79 Å². The average molecular weight is 319 g/mol. The molecule has 1 amide bonds. The van der Waals surface area contributed by atoms with Crippen LogP contribution >= 0.6 is 0 Å². The Morgan fingerprint density at radius 2 is 2.04 bits per heavy atom. The molecule has 0 heterocycles. The number of hydrogen-bond acceptors (Lipinski definition) is 3. The molecule has 4 heteroatoms. The van der Waals surface area contributed by atoms with E-state index in [0.717, 1.165) is 24.3 Å². The minimum atomic E-state index is -0.0335. The normalized spacial score (nSPS) is 15.4. The van der Waals surface area contributed by atoms with Crippen LogP contribution in [0.1, 0.15) is 61.4 Å². The van der Waals surface area contributed by atoms with Crippen LogP contribution in [0.15, 0.2) is 18.2 Å². The third kappa shape index (κ3) is 5.87. The maximum absolute atomic E-state index is 12.1. The molecule has 0 unspecified atom stereocenters. The Bertz CT molecular complexity index is 495. The lowest BCUT2D eigenvalue weighted by Crippen LogP contribution is -2.26. The predicted octanol–water partition coefficient (Wildman–Crippen LogP) is 3.86. The van der Waals surface area contributed by atoms with Crippen molar-refractivity contribution in [2.24, 2.45) is 0 Å². The molecule has 1 aromatic carbocycles. The standard InChI is InChI=1S/C19H29NO3/c1-3-22-18-11-10-16(14-15(18)2)19(21)20-12-7-13-23-17-8-5-4-6-9-17/h10-11,14,17H,3-9,12-13H2,1-2H3,(H,20,21). The van der Waals surface area contributed by atoms with Crippen LogP contribution in [0, 0.1) is 6.92 Å². The van der Waals surface area contributed by atoms with Crippen LogP contribution < -0.4 is 10.1 Å². The van der Waals surface area contributed by atoms with E-state index >= 15 is 0 Å². The third-order valence-electron chi connectivity index (χ3n) is 4.25. The fourth-order valence-corrected chi connectivity index (χ4v) is 2.97. The van der Waals surface area contributed by atoms with Gasteiger partial charge in [-0.05, 0) is 56.9 Å². The van der Waals surface area contributed by atoms with Crippen LogP contribution in [-0.4, -0.2) is 31.8 Å². The number of ether oxygens (including phenoxy) is 2. The number of hydrogen-bond donors (Lipinski definition) is 1. The summed E-state index contributed by atoms with van der Waals surface area (Å²) in [6, 6.07) is 5.55. The molecule has 0 bridgehead atoms. The summed E-state index contributed by atoms with van der Waals surface area (Å²) in [5, 5.41) is 2.96. The molecule has 1 saturated carbocycles. The van der Waals surface area contributed by atoms with Crippen molar-refractivity contribution in [1.29, 1.82) is 0 Å². The topological polar surface area (TPSA) is 47.6 Å². The maximum atomic E-state index is 12.1. The quantitative estimate of drug-likeness (QED) is 0.740. The fraction of sp³-hybridized carbons (Fsp3) is 0.632. The highest BCUT2D eigenvalue weighted by atomic mass is 16.5. The van der Waals surface area contributed by atoms with Gasteiger partial charge < -0.3 is 14.8 Å². The second-order valence-corrected chi connectivity index (χ2v) is 6.15. The zero-order chi connectivity index (χ0) is 16.5. The minimum Gasteiger partial charge on any atom is -0.494 e. The highest BCUT2D eigenvalue weighted by molar-refractivity contribution is 5.94. The fourth-order valence-electron chi connectivity index (χ4n) is 2.97. The molecular weight excluding hydrogens is 290 g/mol. The monoisotopic (exact) mass is 319 g/mol. The van der Waals surface area contributed by atoms with Crippen molar-refractivity contribution in [3.05, 3.63) is 29.3 Å². The van der Waals surface area contributed by atoms with E-state index in [2.05, 4.69) is 5.32 Å².